The lowest BCUT2D eigenvalue weighted by atomic mass is 10.1. The van der Waals surface area contributed by atoms with E-state index >= 15 is 0 Å². The van der Waals surface area contributed by atoms with Gasteiger partial charge in [-0.1, -0.05) is 6.07 Å². The Labute approximate surface area is 98.8 Å². The number of furan rings is 1. The summed E-state index contributed by atoms with van der Waals surface area (Å²) in [6, 6.07) is 5.41. The molecular weight excluding hydrogens is 220 g/mol. The van der Waals surface area contributed by atoms with Crippen LogP contribution >= 0.6 is 0 Å². The van der Waals surface area contributed by atoms with Crippen LogP contribution in [0.25, 0.3) is 11.0 Å². The minimum absolute atomic E-state index is 0.0278. The van der Waals surface area contributed by atoms with Gasteiger partial charge in [-0.15, -0.1) is 0 Å². The highest BCUT2D eigenvalue weighted by atomic mass is 16.5. The molecule has 0 bridgehead atoms. The lowest BCUT2D eigenvalue weighted by Gasteiger charge is -2.00. The highest BCUT2D eigenvalue weighted by Gasteiger charge is 2.11. The molecule has 1 aromatic heterocycles. The molecule has 0 amide bonds. The maximum Gasteiger partial charge on any atom is 0.310 e. The van der Waals surface area contributed by atoms with Crippen molar-refractivity contribution in [2.24, 2.45) is 0 Å². The zero-order chi connectivity index (χ0) is 12.3. The summed E-state index contributed by atoms with van der Waals surface area (Å²) in [7, 11) is 0. The third-order valence-corrected chi connectivity index (χ3v) is 2.54. The van der Waals surface area contributed by atoms with E-state index in [1.165, 1.54) is 0 Å². The van der Waals surface area contributed by atoms with Gasteiger partial charge in [-0.2, -0.15) is 0 Å². The number of aliphatic hydroxyl groups excluding tert-OH is 1. The average molecular weight is 234 g/mol. The Kier molecular flexibility index (Phi) is 3.44. The molecule has 0 saturated heterocycles. The standard InChI is InChI=1S/C13H14O4/c1-2-16-13(15)6-10-8-17-12-4-3-9(7-14)5-11(10)12/h3-5,8,14H,2,6-7H2,1H3. The third-order valence-electron chi connectivity index (χ3n) is 2.54. The predicted molar refractivity (Wildman–Crippen MR) is 62.5 cm³/mol. The Bertz CT molecular complexity index is 527. The molecule has 17 heavy (non-hydrogen) atoms. The molecule has 0 spiro atoms. The number of rotatable bonds is 4. The Morgan fingerprint density at radius 2 is 2.29 bits per heavy atom. The van der Waals surface area contributed by atoms with Gasteiger partial charge in [-0.25, -0.2) is 0 Å². The van der Waals surface area contributed by atoms with Crippen LogP contribution in [0.15, 0.2) is 28.9 Å². The zero-order valence-electron chi connectivity index (χ0n) is 9.60. The summed E-state index contributed by atoms with van der Waals surface area (Å²) in [5, 5.41) is 9.92. The van der Waals surface area contributed by atoms with Crippen molar-refractivity contribution in [3.63, 3.8) is 0 Å². The highest BCUT2D eigenvalue weighted by Crippen LogP contribution is 2.23. The van der Waals surface area contributed by atoms with Gasteiger partial charge >= 0.3 is 5.97 Å². The van der Waals surface area contributed by atoms with E-state index in [2.05, 4.69) is 0 Å². The minimum atomic E-state index is -0.274. The number of esters is 1. The van der Waals surface area contributed by atoms with E-state index in [1.807, 2.05) is 6.07 Å². The van der Waals surface area contributed by atoms with Crippen LogP contribution in [-0.2, 0) is 22.6 Å². The molecule has 90 valence electrons. The van der Waals surface area contributed by atoms with Crippen molar-refractivity contribution in [1.82, 2.24) is 0 Å². The fraction of sp³-hybridized carbons (Fsp3) is 0.308. The first kappa shape index (κ1) is 11.7. The third kappa shape index (κ3) is 2.47. The molecule has 4 heteroatoms. The zero-order valence-corrected chi connectivity index (χ0v) is 9.60. The van der Waals surface area contributed by atoms with Gasteiger partial charge in [0.2, 0.25) is 0 Å². The Morgan fingerprint density at radius 1 is 1.47 bits per heavy atom. The van der Waals surface area contributed by atoms with Crippen LogP contribution in [0.1, 0.15) is 18.1 Å². The number of aliphatic hydroxyl groups is 1. The van der Waals surface area contributed by atoms with Crippen molar-refractivity contribution in [3.8, 4) is 0 Å². The molecule has 4 nitrogen and oxygen atoms in total. The monoisotopic (exact) mass is 234 g/mol. The molecule has 1 aromatic carbocycles. The Morgan fingerprint density at radius 3 is 3.00 bits per heavy atom. The lowest BCUT2D eigenvalue weighted by Crippen LogP contribution is -2.06. The maximum absolute atomic E-state index is 11.4. The molecule has 0 aliphatic rings. The number of hydrogen-bond acceptors (Lipinski definition) is 4. The van der Waals surface area contributed by atoms with E-state index in [9.17, 15) is 4.79 Å². The second kappa shape index (κ2) is 5.01. The molecule has 0 aliphatic heterocycles. The molecule has 0 atom stereocenters. The second-order valence-electron chi connectivity index (χ2n) is 3.73. The van der Waals surface area contributed by atoms with Crippen molar-refractivity contribution in [1.29, 1.82) is 0 Å². The van der Waals surface area contributed by atoms with Crippen LogP contribution < -0.4 is 0 Å². The Hall–Kier alpha value is -1.81. The van der Waals surface area contributed by atoms with E-state index in [-0.39, 0.29) is 19.0 Å². The summed E-state index contributed by atoms with van der Waals surface area (Å²) in [5.41, 5.74) is 2.29. The number of fused-ring (bicyclic) bond motifs is 1. The molecule has 2 rings (SSSR count). The highest BCUT2D eigenvalue weighted by molar-refractivity contribution is 5.86. The van der Waals surface area contributed by atoms with Gasteiger partial charge in [0.15, 0.2) is 0 Å². The van der Waals surface area contributed by atoms with Gasteiger partial charge in [-0.3, -0.25) is 4.79 Å². The number of hydrogen-bond donors (Lipinski definition) is 1. The second-order valence-corrected chi connectivity index (χ2v) is 3.73. The molecule has 0 saturated carbocycles. The van der Waals surface area contributed by atoms with Crippen LogP contribution in [-0.4, -0.2) is 17.7 Å². The topological polar surface area (TPSA) is 59.7 Å². The van der Waals surface area contributed by atoms with Gasteiger partial charge < -0.3 is 14.3 Å². The summed E-state index contributed by atoms with van der Waals surface area (Å²) < 4.78 is 10.2. The lowest BCUT2D eigenvalue weighted by molar-refractivity contribution is -0.142. The number of carbonyl (C=O) groups is 1. The summed E-state index contributed by atoms with van der Waals surface area (Å²) in [5.74, 6) is -0.274. The molecule has 0 radical (unpaired) electrons. The normalized spacial score (nSPS) is 10.7. The molecule has 0 fully saturated rings. The molecule has 0 aliphatic carbocycles. The van der Waals surface area contributed by atoms with Crippen LogP contribution in [0.5, 0.6) is 0 Å². The maximum atomic E-state index is 11.4. The summed E-state index contributed by atoms with van der Waals surface area (Å²) >= 11 is 0. The first-order valence-corrected chi connectivity index (χ1v) is 5.50. The van der Waals surface area contributed by atoms with Crippen molar-refractivity contribution < 1.29 is 19.1 Å². The van der Waals surface area contributed by atoms with E-state index in [0.717, 1.165) is 16.5 Å². The van der Waals surface area contributed by atoms with E-state index in [4.69, 9.17) is 14.3 Å². The van der Waals surface area contributed by atoms with Gasteiger partial charge in [0.05, 0.1) is 25.9 Å². The van der Waals surface area contributed by atoms with E-state index in [0.29, 0.717) is 12.2 Å². The Balaban J connectivity index is 2.30. The first-order chi connectivity index (χ1) is 8.24. The SMILES string of the molecule is CCOC(=O)Cc1coc2ccc(CO)cc12. The minimum Gasteiger partial charge on any atom is -0.466 e. The molecular formula is C13H14O4. The van der Waals surface area contributed by atoms with E-state index in [1.54, 1.807) is 25.3 Å². The predicted octanol–water partition coefficient (Wildman–Crippen LogP) is 2.03. The van der Waals surface area contributed by atoms with Gasteiger partial charge in [0, 0.05) is 10.9 Å². The summed E-state index contributed by atoms with van der Waals surface area (Å²) in [4.78, 5) is 11.4. The van der Waals surface area contributed by atoms with Crippen LogP contribution in [0, 0.1) is 0 Å². The van der Waals surface area contributed by atoms with Crippen LogP contribution in [0.3, 0.4) is 0 Å². The van der Waals surface area contributed by atoms with Crippen molar-refractivity contribution in [2.75, 3.05) is 6.61 Å². The first-order valence-electron chi connectivity index (χ1n) is 5.50. The van der Waals surface area contributed by atoms with Gasteiger partial charge in [0.1, 0.15) is 5.58 Å². The van der Waals surface area contributed by atoms with Crippen molar-refractivity contribution in [2.45, 2.75) is 20.0 Å². The summed E-state index contributed by atoms with van der Waals surface area (Å²) in [6.07, 6.45) is 1.75. The fourth-order valence-electron chi connectivity index (χ4n) is 1.73. The molecule has 2 aromatic rings. The molecule has 0 unspecified atom stereocenters. The number of ether oxygens (including phenoxy) is 1. The van der Waals surface area contributed by atoms with Crippen molar-refractivity contribution in [3.05, 3.63) is 35.6 Å². The largest absolute Gasteiger partial charge is 0.466 e. The van der Waals surface area contributed by atoms with Crippen LogP contribution in [0.2, 0.25) is 0 Å². The number of carbonyl (C=O) groups excluding carboxylic acids is 1. The van der Waals surface area contributed by atoms with Crippen LogP contribution in [0.4, 0.5) is 0 Å². The molecule has 1 heterocycles. The molecule has 1 N–H and O–H groups in total. The average Bonchev–Trinajstić information content (AvgIpc) is 2.72. The van der Waals surface area contributed by atoms with Gasteiger partial charge in [-0.05, 0) is 24.6 Å². The van der Waals surface area contributed by atoms with Crippen molar-refractivity contribution >= 4 is 16.9 Å². The smallest absolute Gasteiger partial charge is 0.310 e. The summed E-state index contributed by atoms with van der Waals surface area (Å²) in [6.45, 7) is 2.12. The van der Waals surface area contributed by atoms with Gasteiger partial charge in [0.25, 0.3) is 0 Å². The fourth-order valence-corrected chi connectivity index (χ4v) is 1.73. The quantitative estimate of drug-likeness (QED) is 0.822. The van der Waals surface area contributed by atoms with E-state index < -0.39 is 0 Å². The number of benzene rings is 1.